The molecule has 1 aliphatic heterocycles. The van der Waals surface area contributed by atoms with Crippen LogP contribution >= 0.6 is 11.3 Å². The summed E-state index contributed by atoms with van der Waals surface area (Å²) < 4.78 is 6.00. The van der Waals surface area contributed by atoms with Gasteiger partial charge in [0.25, 0.3) is 0 Å². The van der Waals surface area contributed by atoms with Gasteiger partial charge in [-0.15, -0.1) is 11.3 Å². The molecule has 4 heteroatoms. The van der Waals surface area contributed by atoms with Crippen molar-refractivity contribution in [2.24, 2.45) is 0 Å². The van der Waals surface area contributed by atoms with Crippen LogP contribution in [0.2, 0.25) is 0 Å². The molecule has 2 unspecified atom stereocenters. The summed E-state index contributed by atoms with van der Waals surface area (Å²) >= 11 is 1.66. The Morgan fingerprint density at radius 1 is 1.30 bits per heavy atom. The van der Waals surface area contributed by atoms with Crippen molar-refractivity contribution in [3.8, 4) is 5.75 Å². The van der Waals surface area contributed by atoms with Crippen LogP contribution < -0.4 is 4.74 Å². The molecule has 0 saturated carbocycles. The first-order valence-electron chi connectivity index (χ1n) is 6.84. The molecule has 0 aliphatic carbocycles. The summed E-state index contributed by atoms with van der Waals surface area (Å²) in [6, 6.07) is 7.67. The Labute approximate surface area is 123 Å². The van der Waals surface area contributed by atoms with Gasteiger partial charge in [-0.3, -0.25) is 0 Å². The highest BCUT2D eigenvalue weighted by atomic mass is 32.1. The van der Waals surface area contributed by atoms with E-state index in [1.807, 2.05) is 29.6 Å². The SMILES string of the molecule is CC(C)(C)c1nc(C2CC(O)c3ccccc3O2)cs1. The van der Waals surface area contributed by atoms with Gasteiger partial charge in [-0.05, 0) is 6.07 Å². The molecule has 3 nitrogen and oxygen atoms in total. The predicted octanol–water partition coefficient (Wildman–Crippen LogP) is 4.00. The van der Waals surface area contributed by atoms with Gasteiger partial charge < -0.3 is 9.84 Å². The smallest absolute Gasteiger partial charge is 0.144 e. The predicted molar refractivity (Wildman–Crippen MR) is 80.2 cm³/mol. The zero-order chi connectivity index (χ0) is 14.3. The summed E-state index contributed by atoms with van der Waals surface area (Å²) in [6.45, 7) is 6.46. The van der Waals surface area contributed by atoms with Crippen LogP contribution in [-0.2, 0) is 5.41 Å². The van der Waals surface area contributed by atoms with Gasteiger partial charge in [0.2, 0.25) is 0 Å². The number of benzene rings is 1. The van der Waals surface area contributed by atoms with Gasteiger partial charge >= 0.3 is 0 Å². The molecule has 2 atom stereocenters. The van der Waals surface area contributed by atoms with Crippen LogP contribution in [0.1, 0.15) is 55.7 Å². The molecule has 0 spiro atoms. The number of thiazole rings is 1. The highest BCUT2D eigenvalue weighted by Gasteiger charge is 2.30. The van der Waals surface area contributed by atoms with Crippen LogP contribution in [0.4, 0.5) is 0 Å². The summed E-state index contributed by atoms with van der Waals surface area (Å²) in [7, 11) is 0. The van der Waals surface area contributed by atoms with E-state index in [2.05, 4.69) is 20.8 Å². The maximum Gasteiger partial charge on any atom is 0.144 e. The molecule has 1 aromatic carbocycles. The second-order valence-electron chi connectivity index (χ2n) is 6.22. The van der Waals surface area contributed by atoms with Crippen molar-refractivity contribution in [2.75, 3.05) is 0 Å². The van der Waals surface area contributed by atoms with E-state index < -0.39 is 6.10 Å². The molecule has 0 amide bonds. The third-order valence-corrected chi connectivity index (χ3v) is 4.76. The molecule has 0 saturated heterocycles. The number of fused-ring (bicyclic) bond motifs is 1. The molecule has 3 rings (SSSR count). The maximum absolute atomic E-state index is 10.3. The molecule has 0 bridgehead atoms. The van der Waals surface area contributed by atoms with Gasteiger partial charge in [0.1, 0.15) is 11.9 Å². The van der Waals surface area contributed by atoms with Crippen molar-refractivity contribution < 1.29 is 9.84 Å². The van der Waals surface area contributed by atoms with Crippen LogP contribution in [0, 0.1) is 0 Å². The van der Waals surface area contributed by atoms with Gasteiger partial charge in [0, 0.05) is 22.8 Å². The van der Waals surface area contributed by atoms with E-state index in [9.17, 15) is 5.11 Å². The standard InChI is InChI=1S/C16H19NO2S/c1-16(2,3)15-17-11(9-20-15)14-8-12(18)10-6-4-5-7-13(10)19-14/h4-7,9,12,14,18H,8H2,1-3H3. The molecule has 2 aromatic rings. The number of hydrogen-bond donors (Lipinski definition) is 1. The Hall–Kier alpha value is -1.39. The zero-order valence-electron chi connectivity index (χ0n) is 12.0. The minimum absolute atomic E-state index is 0.0497. The lowest BCUT2D eigenvalue weighted by molar-refractivity contribution is 0.0638. The van der Waals surface area contributed by atoms with Crippen molar-refractivity contribution >= 4 is 11.3 Å². The van der Waals surface area contributed by atoms with Crippen LogP contribution in [0.25, 0.3) is 0 Å². The molecular weight excluding hydrogens is 270 g/mol. The normalized spacial score (nSPS) is 22.2. The third kappa shape index (κ3) is 2.45. The highest BCUT2D eigenvalue weighted by Crippen LogP contribution is 2.41. The van der Waals surface area contributed by atoms with Gasteiger partial charge in [0.05, 0.1) is 16.8 Å². The van der Waals surface area contributed by atoms with Gasteiger partial charge in [-0.1, -0.05) is 39.0 Å². The van der Waals surface area contributed by atoms with Crippen molar-refractivity contribution in [2.45, 2.75) is 44.8 Å². The second-order valence-corrected chi connectivity index (χ2v) is 7.08. The lowest BCUT2D eigenvalue weighted by Gasteiger charge is -2.28. The van der Waals surface area contributed by atoms with E-state index >= 15 is 0 Å². The summed E-state index contributed by atoms with van der Waals surface area (Å²) in [5, 5.41) is 13.4. The van der Waals surface area contributed by atoms with Crippen molar-refractivity contribution in [3.63, 3.8) is 0 Å². The molecule has 2 heterocycles. The van der Waals surface area contributed by atoms with E-state index in [1.165, 1.54) is 0 Å². The molecule has 1 aliphatic rings. The Morgan fingerprint density at radius 2 is 2.05 bits per heavy atom. The average molecular weight is 289 g/mol. The minimum Gasteiger partial charge on any atom is -0.484 e. The number of aliphatic hydroxyl groups is 1. The lowest BCUT2D eigenvalue weighted by Crippen LogP contribution is -2.19. The second kappa shape index (κ2) is 4.86. The molecule has 0 fully saturated rings. The number of aliphatic hydroxyl groups excluding tert-OH is 1. The van der Waals surface area contributed by atoms with E-state index in [4.69, 9.17) is 9.72 Å². The number of rotatable bonds is 1. The van der Waals surface area contributed by atoms with Crippen LogP contribution in [-0.4, -0.2) is 10.1 Å². The van der Waals surface area contributed by atoms with Crippen LogP contribution in [0.5, 0.6) is 5.75 Å². The average Bonchev–Trinajstić information content (AvgIpc) is 2.88. The Kier molecular flexibility index (Phi) is 3.30. The first-order chi connectivity index (χ1) is 9.45. The maximum atomic E-state index is 10.3. The molecule has 0 radical (unpaired) electrons. The van der Waals surface area contributed by atoms with Crippen molar-refractivity contribution in [3.05, 3.63) is 45.9 Å². The first-order valence-corrected chi connectivity index (χ1v) is 7.72. The van der Waals surface area contributed by atoms with Crippen LogP contribution in [0.3, 0.4) is 0 Å². The molecule has 1 N–H and O–H groups in total. The Bertz CT molecular complexity index is 615. The largest absolute Gasteiger partial charge is 0.484 e. The number of para-hydroxylation sites is 1. The topological polar surface area (TPSA) is 42.4 Å². The Morgan fingerprint density at radius 3 is 2.75 bits per heavy atom. The summed E-state index contributed by atoms with van der Waals surface area (Å²) in [5.41, 5.74) is 1.84. The fraction of sp³-hybridized carbons (Fsp3) is 0.438. The zero-order valence-corrected chi connectivity index (χ0v) is 12.8. The summed E-state index contributed by atoms with van der Waals surface area (Å²) in [6.07, 6.45) is -0.0818. The number of hydrogen-bond acceptors (Lipinski definition) is 4. The van der Waals surface area contributed by atoms with E-state index in [-0.39, 0.29) is 11.5 Å². The van der Waals surface area contributed by atoms with Gasteiger partial charge in [0.15, 0.2) is 0 Å². The van der Waals surface area contributed by atoms with E-state index in [0.29, 0.717) is 6.42 Å². The third-order valence-electron chi connectivity index (χ3n) is 3.48. The molecular formula is C16H19NO2S. The van der Waals surface area contributed by atoms with E-state index in [0.717, 1.165) is 22.0 Å². The minimum atomic E-state index is -0.482. The highest BCUT2D eigenvalue weighted by molar-refractivity contribution is 7.09. The fourth-order valence-corrected chi connectivity index (χ4v) is 3.30. The number of ether oxygens (including phenoxy) is 1. The molecule has 20 heavy (non-hydrogen) atoms. The van der Waals surface area contributed by atoms with Gasteiger partial charge in [-0.2, -0.15) is 0 Å². The fourth-order valence-electron chi connectivity index (χ4n) is 2.35. The number of aromatic nitrogens is 1. The quantitative estimate of drug-likeness (QED) is 0.863. The van der Waals surface area contributed by atoms with Crippen LogP contribution in [0.15, 0.2) is 29.6 Å². The van der Waals surface area contributed by atoms with Gasteiger partial charge in [-0.25, -0.2) is 4.98 Å². The Balaban J connectivity index is 1.88. The van der Waals surface area contributed by atoms with Crippen molar-refractivity contribution in [1.82, 2.24) is 4.98 Å². The number of nitrogens with zero attached hydrogens (tertiary/aromatic N) is 1. The first kappa shape index (κ1) is 13.6. The van der Waals surface area contributed by atoms with E-state index in [1.54, 1.807) is 11.3 Å². The molecule has 1 aromatic heterocycles. The summed E-state index contributed by atoms with van der Waals surface area (Å²) in [4.78, 5) is 4.69. The van der Waals surface area contributed by atoms with Crippen molar-refractivity contribution in [1.29, 1.82) is 0 Å². The molecule has 106 valence electrons. The lowest BCUT2D eigenvalue weighted by atomic mass is 9.97. The monoisotopic (exact) mass is 289 g/mol. The summed E-state index contributed by atoms with van der Waals surface area (Å²) in [5.74, 6) is 0.765.